The van der Waals surface area contributed by atoms with Crippen molar-refractivity contribution in [2.24, 2.45) is 0 Å². The number of alkyl carbamates (subject to hydrolysis) is 1. The highest BCUT2D eigenvalue weighted by Crippen LogP contribution is 2.24. The molecule has 0 aliphatic rings. The Balaban J connectivity index is 1.64. The molecular weight excluding hydrogens is 466 g/mol. The molecule has 0 fully saturated rings. The average Bonchev–Trinajstić information content (AvgIpc) is 2.86. The molecule has 0 radical (unpaired) electrons. The van der Waals surface area contributed by atoms with Gasteiger partial charge in [0.1, 0.15) is 11.9 Å². The third-order valence-electron chi connectivity index (χ3n) is 5.93. The number of rotatable bonds is 10. The first kappa shape index (κ1) is 27.7. The minimum Gasteiger partial charge on any atom is -0.444 e. The Kier molecular flexibility index (Phi) is 9.66. The van der Waals surface area contributed by atoms with E-state index in [1.54, 1.807) is 17.0 Å². The van der Waals surface area contributed by atoms with E-state index in [-0.39, 0.29) is 12.1 Å². The van der Waals surface area contributed by atoms with E-state index < -0.39 is 11.7 Å². The van der Waals surface area contributed by atoms with Crippen molar-refractivity contribution < 1.29 is 19.1 Å². The molecule has 196 valence electrons. The predicted octanol–water partition coefficient (Wildman–Crippen LogP) is 6.23. The molecule has 0 heterocycles. The van der Waals surface area contributed by atoms with Crippen molar-refractivity contribution in [3.8, 4) is 0 Å². The molecule has 0 bridgehead atoms. The van der Waals surface area contributed by atoms with Crippen molar-refractivity contribution >= 4 is 29.2 Å². The Labute approximate surface area is 219 Å². The lowest BCUT2D eigenvalue weighted by Crippen LogP contribution is -2.41. The van der Waals surface area contributed by atoms with E-state index in [2.05, 4.69) is 28.8 Å². The number of benzene rings is 3. The molecule has 0 aliphatic carbocycles. The van der Waals surface area contributed by atoms with Gasteiger partial charge in [-0.15, -0.1) is 0 Å². The molecule has 2 N–H and O–H groups in total. The molecule has 3 aromatic rings. The summed E-state index contributed by atoms with van der Waals surface area (Å²) in [7, 11) is 0. The van der Waals surface area contributed by atoms with Gasteiger partial charge in [0.25, 0.3) is 0 Å². The number of nitrogens with one attached hydrogen (secondary N) is 2. The zero-order chi connectivity index (χ0) is 26.8. The summed E-state index contributed by atoms with van der Waals surface area (Å²) in [4.78, 5) is 38.0. The first-order valence-corrected chi connectivity index (χ1v) is 12.7. The summed E-state index contributed by atoms with van der Waals surface area (Å²) in [5.41, 5.74) is 2.05. The normalized spacial score (nSPS) is 12.0. The molecule has 1 atom stereocenters. The van der Waals surface area contributed by atoms with E-state index in [1.807, 2.05) is 64.1 Å². The monoisotopic (exact) mass is 503 g/mol. The first-order valence-electron chi connectivity index (χ1n) is 12.7. The van der Waals surface area contributed by atoms with Crippen LogP contribution < -0.4 is 10.6 Å². The number of carbonyl (C=O) groups is 3. The molecule has 1 unspecified atom stereocenters. The van der Waals surface area contributed by atoms with Crippen molar-refractivity contribution in [2.75, 3.05) is 13.1 Å². The first-order chi connectivity index (χ1) is 17.7. The lowest BCUT2D eigenvalue weighted by molar-refractivity contribution is 0.0526. The number of nitrogens with zero attached hydrogens (tertiary/aromatic N) is 1. The zero-order valence-electron chi connectivity index (χ0n) is 22.1. The molecule has 37 heavy (non-hydrogen) atoms. The van der Waals surface area contributed by atoms with Crippen molar-refractivity contribution in [3.05, 3.63) is 83.4 Å². The molecule has 3 rings (SSSR count). The largest absolute Gasteiger partial charge is 0.444 e. The van der Waals surface area contributed by atoms with Gasteiger partial charge in [0.2, 0.25) is 0 Å². The lowest BCUT2D eigenvalue weighted by Gasteiger charge is -2.26. The molecule has 3 aromatic carbocycles. The van der Waals surface area contributed by atoms with Gasteiger partial charge in [0.05, 0.1) is 6.04 Å². The zero-order valence-corrected chi connectivity index (χ0v) is 22.1. The SMILES string of the molecule is CC(NC(=O)N(CCCCNC(=O)OC(C)(C)C)Cc1ccc(C=O)cc1)c1cccc2ccccc12. The number of unbranched alkanes of at least 4 members (excludes halogenated alkanes) is 1. The fourth-order valence-corrected chi connectivity index (χ4v) is 4.09. The van der Waals surface area contributed by atoms with Crippen molar-refractivity contribution in [2.45, 2.75) is 58.7 Å². The Bertz CT molecular complexity index is 1200. The van der Waals surface area contributed by atoms with Crippen LogP contribution in [0.4, 0.5) is 9.59 Å². The Morgan fingerprint density at radius 2 is 1.68 bits per heavy atom. The van der Waals surface area contributed by atoms with Crippen LogP contribution in [-0.2, 0) is 11.3 Å². The van der Waals surface area contributed by atoms with Gasteiger partial charge in [-0.1, -0.05) is 66.7 Å². The Morgan fingerprint density at radius 1 is 0.973 bits per heavy atom. The van der Waals surface area contributed by atoms with Crippen LogP contribution in [0.5, 0.6) is 0 Å². The van der Waals surface area contributed by atoms with Gasteiger partial charge in [-0.2, -0.15) is 0 Å². The lowest BCUT2D eigenvalue weighted by atomic mass is 10.00. The molecule has 3 amide bonds. The van der Waals surface area contributed by atoms with E-state index in [0.717, 1.165) is 28.2 Å². The van der Waals surface area contributed by atoms with Crippen LogP contribution in [0.15, 0.2) is 66.7 Å². The summed E-state index contributed by atoms with van der Waals surface area (Å²) in [6.07, 6.45) is 1.77. The minimum absolute atomic E-state index is 0.167. The van der Waals surface area contributed by atoms with Gasteiger partial charge < -0.3 is 20.3 Å². The fourth-order valence-electron chi connectivity index (χ4n) is 4.09. The van der Waals surface area contributed by atoms with E-state index in [0.29, 0.717) is 38.0 Å². The minimum atomic E-state index is -0.543. The maximum atomic E-state index is 13.4. The second kappa shape index (κ2) is 12.9. The standard InChI is InChI=1S/C30H37N3O4/c1-22(26-13-9-11-25-10-5-6-12-27(25)26)32-28(35)33(20-23-14-16-24(21-34)17-15-23)19-8-7-18-31-29(36)37-30(2,3)4/h5-6,9-17,21-22H,7-8,18-20H2,1-4H3,(H,31,36)(H,32,35). The number of fused-ring (bicyclic) bond motifs is 1. The highest BCUT2D eigenvalue weighted by molar-refractivity contribution is 5.86. The van der Waals surface area contributed by atoms with Crippen LogP contribution in [-0.4, -0.2) is 42.0 Å². The third kappa shape index (κ3) is 8.63. The fraction of sp³-hybridized carbons (Fsp3) is 0.367. The summed E-state index contributed by atoms with van der Waals surface area (Å²) in [5, 5.41) is 8.16. The molecule has 0 saturated carbocycles. The summed E-state index contributed by atoms with van der Waals surface area (Å²) in [5.74, 6) is 0. The predicted molar refractivity (Wildman–Crippen MR) is 147 cm³/mol. The van der Waals surface area contributed by atoms with E-state index in [9.17, 15) is 14.4 Å². The number of carbonyl (C=O) groups excluding carboxylic acids is 3. The number of hydrogen-bond donors (Lipinski definition) is 2. The van der Waals surface area contributed by atoms with Crippen molar-refractivity contribution in [1.29, 1.82) is 0 Å². The highest BCUT2D eigenvalue weighted by atomic mass is 16.6. The number of aldehydes is 1. The molecule has 7 heteroatoms. The summed E-state index contributed by atoms with van der Waals surface area (Å²) < 4.78 is 5.27. The number of ether oxygens (including phenoxy) is 1. The van der Waals surface area contributed by atoms with Gasteiger partial charge in [-0.25, -0.2) is 9.59 Å². The number of hydrogen-bond acceptors (Lipinski definition) is 4. The molecule has 0 spiro atoms. The van der Waals surface area contributed by atoms with Gasteiger partial charge in [0.15, 0.2) is 0 Å². The van der Waals surface area contributed by atoms with Crippen LogP contribution in [0.1, 0.15) is 68.1 Å². The average molecular weight is 504 g/mol. The van der Waals surface area contributed by atoms with Gasteiger partial charge >= 0.3 is 12.1 Å². The Morgan fingerprint density at radius 3 is 2.38 bits per heavy atom. The molecule has 0 saturated heterocycles. The maximum absolute atomic E-state index is 13.4. The highest BCUT2D eigenvalue weighted by Gasteiger charge is 2.19. The molecule has 7 nitrogen and oxygen atoms in total. The second-order valence-corrected chi connectivity index (χ2v) is 10.2. The van der Waals surface area contributed by atoms with Crippen LogP contribution >= 0.6 is 0 Å². The summed E-state index contributed by atoms with van der Waals surface area (Å²) in [6.45, 7) is 8.84. The van der Waals surface area contributed by atoms with E-state index in [1.165, 1.54) is 0 Å². The van der Waals surface area contributed by atoms with Gasteiger partial charge in [-0.05, 0) is 62.4 Å². The van der Waals surface area contributed by atoms with Gasteiger partial charge in [-0.3, -0.25) is 4.79 Å². The molecular formula is C30H37N3O4. The van der Waals surface area contributed by atoms with Crippen molar-refractivity contribution in [1.82, 2.24) is 15.5 Å². The van der Waals surface area contributed by atoms with Crippen LogP contribution in [0, 0.1) is 0 Å². The van der Waals surface area contributed by atoms with Crippen LogP contribution in [0.2, 0.25) is 0 Å². The van der Waals surface area contributed by atoms with E-state index >= 15 is 0 Å². The summed E-state index contributed by atoms with van der Waals surface area (Å²) >= 11 is 0. The molecule has 0 aromatic heterocycles. The molecule has 0 aliphatic heterocycles. The van der Waals surface area contributed by atoms with E-state index in [4.69, 9.17) is 4.74 Å². The van der Waals surface area contributed by atoms with Gasteiger partial charge in [0, 0.05) is 25.2 Å². The topological polar surface area (TPSA) is 87.7 Å². The third-order valence-corrected chi connectivity index (χ3v) is 5.93. The number of urea groups is 1. The summed E-state index contributed by atoms with van der Waals surface area (Å²) in [6, 6.07) is 21.1. The van der Waals surface area contributed by atoms with Crippen LogP contribution in [0.25, 0.3) is 10.8 Å². The van der Waals surface area contributed by atoms with Crippen LogP contribution in [0.3, 0.4) is 0 Å². The number of amides is 3. The quantitative estimate of drug-likeness (QED) is 0.254. The van der Waals surface area contributed by atoms with Crippen molar-refractivity contribution in [3.63, 3.8) is 0 Å². The maximum Gasteiger partial charge on any atom is 0.407 e. The smallest absolute Gasteiger partial charge is 0.407 e. The second-order valence-electron chi connectivity index (χ2n) is 10.2. The Hall–Kier alpha value is -3.87.